The van der Waals surface area contributed by atoms with E-state index >= 15 is 0 Å². The molecule has 1 aromatic heterocycles. The van der Waals surface area contributed by atoms with Crippen molar-refractivity contribution < 1.29 is 4.79 Å². The summed E-state index contributed by atoms with van der Waals surface area (Å²) in [4.78, 5) is 12.4. The fourth-order valence-corrected chi connectivity index (χ4v) is 5.13. The maximum absolute atomic E-state index is 12.4. The second-order valence-corrected chi connectivity index (χ2v) is 7.23. The fraction of sp³-hybridized carbons (Fsp3) is 0.667. The van der Waals surface area contributed by atoms with E-state index in [4.69, 9.17) is 0 Å². The number of nitrogens with one attached hydrogen (secondary N) is 1. The number of carbonyl (C=O) groups excluding carboxylic acids is 1. The number of aromatic nitrogens is 1. The molecule has 1 aromatic rings. The molecule has 2 bridgehead atoms. The summed E-state index contributed by atoms with van der Waals surface area (Å²) in [5, 5.41) is 3.28. The van der Waals surface area contributed by atoms with Crippen molar-refractivity contribution in [3.05, 3.63) is 22.4 Å². The smallest absolute Gasteiger partial charge is 0.268 e. The van der Waals surface area contributed by atoms with Crippen molar-refractivity contribution in [2.75, 3.05) is 0 Å². The van der Waals surface area contributed by atoms with Crippen LogP contribution in [0.2, 0.25) is 0 Å². The molecule has 4 atom stereocenters. The normalized spacial score (nSPS) is 38.3. The Labute approximate surface area is 121 Å². The first-order valence-electron chi connectivity index (χ1n) is 7.35. The molecule has 1 heterocycles. The van der Waals surface area contributed by atoms with Crippen LogP contribution in [-0.4, -0.2) is 16.5 Å². The van der Waals surface area contributed by atoms with Gasteiger partial charge in [0.05, 0.1) is 0 Å². The highest BCUT2D eigenvalue weighted by molar-refractivity contribution is 9.10. The fourth-order valence-electron chi connectivity index (χ4n) is 4.67. The number of hydrogen-bond acceptors (Lipinski definition) is 1. The molecule has 0 aliphatic heterocycles. The van der Waals surface area contributed by atoms with Gasteiger partial charge in [0, 0.05) is 23.3 Å². The minimum absolute atomic E-state index is 0.103. The van der Waals surface area contributed by atoms with Crippen LogP contribution >= 0.6 is 15.9 Å². The second-order valence-electron chi connectivity index (χ2n) is 6.32. The molecule has 3 fully saturated rings. The number of carbonyl (C=O) groups is 1. The van der Waals surface area contributed by atoms with Gasteiger partial charge in [-0.05, 0) is 71.9 Å². The van der Waals surface area contributed by atoms with Crippen molar-refractivity contribution in [3.63, 3.8) is 0 Å². The quantitative estimate of drug-likeness (QED) is 0.911. The van der Waals surface area contributed by atoms with Gasteiger partial charge in [-0.2, -0.15) is 0 Å². The molecule has 1 amide bonds. The number of halogens is 1. The van der Waals surface area contributed by atoms with Gasteiger partial charge in [0.2, 0.25) is 0 Å². The minimum Gasteiger partial charge on any atom is -0.347 e. The van der Waals surface area contributed by atoms with Gasteiger partial charge in [-0.25, -0.2) is 0 Å². The molecular formula is C15H19BrN2O. The predicted molar refractivity (Wildman–Crippen MR) is 76.9 cm³/mol. The first-order chi connectivity index (χ1) is 9.19. The lowest BCUT2D eigenvalue weighted by Gasteiger charge is -2.11. The molecule has 0 radical (unpaired) electrons. The number of nitrogens with zero attached hydrogens (tertiary/aromatic N) is 1. The van der Waals surface area contributed by atoms with Crippen LogP contribution < -0.4 is 5.32 Å². The average Bonchev–Trinajstić information content (AvgIpc) is 2.79. The Kier molecular flexibility index (Phi) is 2.60. The molecule has 3 saturated carbocycles. The van der Waals surface area contributed by atoms with Gasteiger partial charge < -0.3 is 9.88 Å². The van der Waals surface area contributed by atoms with Gasteiger partial charge >= 0.3 is 0 Å². The van der Waals surface area contributed by atoms with Crippen molar-refractivity contribution in [2.45, 2.75) is 38.8 Å². The van der Waals surface area contributed by atoms with Crippen LogP contribution in [0.15, 0.2) is 16.7 Å². The van der Waals surface area contributed by atoms with Crippen LogP contribution in [0.25, 0.3) is 0 Å². The second kappa shape index (κ2) is 4.11. The molecule has 0 aromatic carbocycles. The summed E-state index contributed by atoms with van der Waals surface area (Å²) in [6.07, 6.45) is 6.20. The topological polar surface area (TPSA) is 34.0 Å². The van der Waals surface area contributed by atoms with E-state index in [9.17, 15) is 4.79 Å². The lowest BCUT2D eigenvalue weighted by molar-refractivity contribution is 0.0935. The molecule has 0 spiro atoms. The van der Waals surface area contributed by atoms with Gasteiger partial charge in [0.15, 0.2) is 0 Å². The van der Waals surface area contributed by atoms with Crippen molar-refractivity contribution >= 4 is 21.8 Å². The lowest BCUT2D eigenvalue weighted by atomic mass is 10.0. The van der Waals surface area contributed by atoms with E-state index in [0.717, 1.165) is 40.4 Å². The zero-order valence-electron chi connectivity index (χ0n) is 11.1. The van der Waals surface area contributed by atoms with E-state index in [-0.39, 0.29) is 5.91 Å². The average molecular weight is 323 g/mol. The summed E-state index contributed by atoms with van der Waals surface area (Å²) in [5.41, 5.74) is 0.784. The number of fused-ring (bicyclic) bond motifs is 5. The van der Waals surface area contributed by atoms with Crippen molar-refractivity contribution in [3.8, 4) is 0 Å². The zero-order chi connectivity index (χ0) is 13.1. The molecule has 4 rings (SSSR count). The van der Waals surface area contributed by atoms with Gasteiger partial charge in [-0.1, -0.05) is 0 Å². The molecule has 4 heteroatoms. The highest BCUT2D eigenvalue weighted by Crippen LogP contribution is 2.65. The number of rotatable bonds is 3. The number of aryl methyl sites for hydroxylation is 1. The molecular weight excluding hydrogens is 304 g/mol. The maximum atomic E-state index is 12.4. The van der Waals surface area contributed by atoms with E-state index in [1.807, 2.05) is 16.8 Å². The third-order valence-electron chi connectivity index (χ3n) is 5.47. The molecule has 1 N–H and O–H groups in total. The molecule has 3 aliphatic rings. The summed E-state index contributed by atoms with van der Waals surface area (Å²) in [6, 6.07) is 2.39. The summed E-state index contributed by atoms with van der Waals surface area (Å²) >= 11 is 3.45. The maximum Gasteiger partial charge on any atom is 0.268 e. The third-order valence-corrected chi connectivity index (χ3v) is 5.90. The highest BCUT2D eigenvalue weighted by atomic mass is 79.9. The van der Waals surface area contributed by atoms with Crippen molar-refractivity contribution in [1.29, 1.82) is 0 Å². The summed E-state index contributed by atoms with van der Waals surface area (Å²) in [6.45, 7) is 2.90. The Bertz CT molecular complexity index is 522. The molecule has 102 valence electrons. The minimum atomic E-state index is 0.103. The standard InChI is InChI=1S/C15H19BrN2O/c1-2-18-7-10(16)6-11(18)15(19)17-14-12-8-3-4-9(5-8)13(12)14/h6-9,12-14H,2-5H2,1H3,(H,17,19). The van der Waals surface area contributed by atoms with E-state index < -0.39 is 0 Å². The van der Waals surface area contributed by atoms with Crippen LogP contribution in [-0.2, 0) is 6.54 Å². The third kappa shape index (κ3) is 1.72. The summed E-state index contributed by atoms with van der Waals surface area (Å²) in [7, 11) is 0. The lowest BCUT2D eigenvalue weighted by Crippen LogP contribution is -2.31. The highest BCUT2D eigenvalue weighted by Gasteiger charge is 2.65. The Balaban J connectivity index is 1.48. The van der Waals surface area contributed by atoms with Crippen LogP contribution in [0.1, 0.15) is 36.7 Å². The molecule has 3 nitrogen and oxygen atoms in total. The van der Waals surface area contributed by atoms with Crippen LogP contribution in [0.3, 0.4) is 0 Å². The molecule has 3 aliphatic carbocycles. The van der Waals surface area contributed by atoms with Crippen LogP contribution in [0.4, 0.5) is 0 Å². The van der Waals surface area contributed by atoms with E-state index in [1.165, 1.54) is 19.3 Å². The van der Waals surface area contributed by atoms with Crippen LogP contribution in [0, 0.1) is 23.7 Å². The van der Waals surface area contributed by atoms with Gasteiger partial charge in [0.1, 0.15) is 5.69 Å². The van der Waals surface area contributed by atoms with Crippen LogP contribution in [0.5, 0.6) is 0 Å². The zero-order valence-corrected chi connectivity index (χ0v) is 12.7. The molecule has 0 saturated heterocycles. The van der Waals surface area contributed by atoms with E-state index in [0.29, 0.717) is 6.04 Å². The Morgan fingerprint density at radius 2 is 2.11 bits per heavy atom. The van der Waals surface area contributed by atoms with E-state index in [2.05, 4.69) is 28.2 Å². The largest absolute Gasteiger partial charge is 0.347 e. The number of amides is 1. The predicted octanol–water partition coefficient (Wildman–Crippen LogP) is 3.04. The van der Waals surface area contributed by atoms with Crippen molar-refractivity contribution in [1.82, 2.24) is 9.88 Å². The SMILES string of the molecule is CCn1cc(Br)cc1C(=O)NC1C2C3CCC(C3)C12. The number of hydrogen-bond donors (Lipinski definition) is 1. The first-order valence-corrected chi connectivity index (χ1v) is 8.15. The molecule has 4 unspecified atom stereocenters. The summed E-state index contributed by atoms with van der Waals surface area (Å²) in [5.74, 6) is 3.52. The Hall–Kier alpha value is -0.770. The van der Waals surface area contributed by atoms with Crippen molar-refractivity contribution in [2.24, 2.45) is 23.7 Å². The summed E-state index contributed by atoms with van der Waals surface area (Å²) < 4.78 is 2.99. The van der Waals surface area contributed by atoms with Gasteiger partial charge in [-0.3, -0.25) is 4.79 Å². The first kappa shape index (κ1) is 12.0. The molecule has 19 heavy (non-hydrogen) atoms. The van der Waals surface area contributed by atoms with Gasteiger partial charge in [0.25, 0.3) is 5.91 Å². The van der Waals surface area contributed by atoms with Gasteiger partial charge in [-0.15, -0.1) is 0 Å². The Morgan fingerprint density at radius 1 is 1.42 bits per heavy atom. The monoisotopic (exact) mass is 322 g/mol. The Morgan fingerprint density at radius 3 is 2.74 bits per heavy atom. The van der Waals surface area contributed by atoms with E-state index in [1.54, 1.807) is 0 Å².